The fraction of sp³-hybridized carbons (Fsp3) is 0.917. The number of allylic oxidation sites excluding steroid dienone is 3. The molecule has 1 amide bonds. The molecule has 0 aliphatic carbocycles. The molecule has 9 N–H and O–H groups in total. The number of hydrogen-bond donors (Lipinski definition) is 9. The minimum absolute atomic E-state index is 0.249. The van der Waals surface area contributed by atoms with Crippen LogP contribution in [0.25, 0.3) is 0 Å². The van der Waals surface area contributed by atoms with Crippen LogP contribution in [-0.2, 0) is 23.7 Å². The number of carbonyl (C=O) groups excluding carboxylic acids is 1. The third-order valence-electron chi connectivity index (χ3n) is 15.1. The summed E-state index contributed by atoms with van der Waals surface area (Å²) < 4.78 is 22.7. The molecule has 2 aliphatic rings. The van der Waals surface area contributed by atoms with E-state index in [9.17, 15) is 45.6 Å². The average Bonchev–Trinajstić information content (AvgIpc) is 3.40. The molecular weight excluding hydrogens is 943 g/mol. The van der Waals surface area contributed by atoms with Gasteiger partial charge in [0.25, 0.3) is 0 Å². The summed E-state index contributed by atoms with van der Waals surface area (Å²) in [6.07, 6.45) is 38.3. The maximum Gasteiger partial charge on any atom is 0.220 e. The monoisotopic (exact) mass is 1060 g/mol. The van der Waals surface area contributed by atoms with Gasteiger partial charge in [-0.3, -0.25) is 4.79 Å². The lowest BCUT2D eigenvalue weighted by molar-refractivity contribution is -0.359. The van der Waals surface area contributed by atoms with E-state index in [2.05, 4.69) is 31.3 Å². The molecule has 2 rings (SSSR count). The summed E-state index contributed by atoms with van der Waals surface area (Å²) in [6.45, 7) is 2.78. The van der Waals surface area contributed by atoms with Crippen molar-refractivity contribution in [2.75, 3.05) is 19.8 Å². The van der Waals surface area contributed by atoms with Crippen molar-refractivity contribution in [3.63, 3.8) is 0 Å². The predicted octanol–water partition coefficient (Wildman–Crippen LogP) is 10.4. The lowest BCUT2D eigenvalue weighted by Gasteiger charge is -2.46. The number of ether oxygens (including phenoxy) is 4. The van der Waals surface area contributed by atoms with Gasteiger partial charge in [0.15, 0.2) is 12.6 Å². The largest absolute Gasteiger partial charge is 0.394 e. The number of carbonyl (C=O) groups is 1. The molecule has 14 nitrogen and oxygen atoms in total. The maximum atomic E-state index is 13.2. The molecule has 2 fully saturated rings. The number of nitrogens with one attached hydrogen (secondary N) is 1. The zero-order chi connectivity index (χ0) is 53.9. The highest BCUT2D eigenvalue weighted by molar-refractivity contribution is 5.76. The van der Waals surface area contributed by atoms with Crippen molar-refractivity contribution in [3.05, 3.63) is 24.3 Å². The van der Waals surface area contributed by atoms with Gasteiger partial charge in [-0.2, -0.15) is 0 Å². The first-order valence-corrected chi connectivity index (χ1v) is 30.6. The smallest absolute Gasteiger partial charge is 0.220 e. The second-order valence-corrected chi connectivity index (χ2v) is 21.8. The molecule has 0 aromatic heterocycles. The second-order valence-electron chi connectivity index (χ2n) is 21.8. The average molecular weight is 1060 g/mol. The molecule has 74 heavy (non-hydrogen) atoms. The second kappa shape index (κ2) is 46.4. The maximum absolute atomic E-state index is 13.2. The van der Waals surface area contributed by atoms with E-state index >= 15 is 0 Å². The lowest BCUT2D eigenvalue weighted by atomic mass is 9.97. The van der Waals surface area contributed by atoms with Gasteiger partial charge in [0, 0.05) is 6.42 Å². The molecular formula is C60H113NO13. The van der Waals surface area contributed by atoms with Crippen molar-refractivity contribution in [2.24, 2.45) is 0 Å². The third kappa shape index (κ3) is 31.8. The van der Waals surface area contributed by atoms with E-state index in [1.54, 1.807) is 6.08 Å². The van der Waals surface area contributed by atoms with E-state index < -0.39 is 86.8 Å². The van der Waals surface area contributed by atoms with Crippen LogP contribution in [0.3, 0.4) is 0 Å². The molecule has 0 aromatic rings. The highest BCUT2D eigenvalue weighted by Gasteiger charge is 2.51. The van der Waals surface area contributed by atoms with Gasteiger partial charge in [-0.05, 0) is 32.1 Å². The predicted molar refractivity (Wildman–Crippen MR) is 295 cm³/mol. The summed E-state index contributed by atoms with van der Waals surface area (Å²) in [5.74, 6) is -0.249. The fourth-order valence-electron chi connectivity index (χ4n) is 10.2. The number of hydrogen-bond acceptors (Lipinski definition) is 13. The number of unbranched alkanes of at least 4 members (excludes halogenated alkanes) is 34. The quantitative estimate of drug-likeness (QED) is 0.0204. The van der Waals surface area contributed by atoms with Gasteiger partial charge in [-0.15, -0.1) is 0 Å². The molecule has 12 unspecified atom stereocenters. The molecule has 2 aliphatic heterocycles. The van der Waals surface area contributed by atoms with Gasteiger partial charge in [-0.1, -0.05) is 244 Å². The normalized spacial score (nSPS) is 25.3. The summed E-state index contributed by atoms with van der Waals surface area (Å²) >= 11 is 0. The summed E-state index contributed by atoms with van der Waals surface area (Å²) in [5.41, 5.74) is 0. The molecule has 436 valence electrons. The number of aliphatic hydroxyl groups is 8. The molecule has 0 bridgehead atoms. The SMILES string of the molecule is CCCCCCCCCCCCCCCCCCCCCCCCCC/C=C/CC/C=C/C(O)C(COC1OC(CO)C(OC2OC(CO)C(O)C(O)C2O)C(O)C1O)NC(=O)CCCCCCCCCCCC. The Morgan fingerprint density at radius 3 is 1.32 bits per heavy atom. The Morgan fingerprint density at radius 1 is 0.473 bits per heavy atom. The standard InChI is InChI=1S/C60H113NO13/c1-3-5-7-9-11-13-15-16-17-18-19-20-21-22-23-24-25-26-27-28-29-30-31-32-33-34-35-37-39-41-43-49(64)48(61-52(65)44-42-40-38-36-14-12-10-8-6-4-2)47-71-59-57(70)55(68)58(51(46-63)73-59)74-60-56(69)54(67)53(66)50(45-62)72-60/h34-35,41,43,48-51,53-60,62-64,66-70H,3-33,36-40,42,44-47H2,1-2H3,(H,61,65)/b35-34+,43-41+. The van der Waals surface area contributed by atoms with Gasteiger partial charge in [-0.25, -0.2) is 0 Å². The number of amides is 1. The Hall–Kier alpha value is -1.53. The van der Waals surface area contributed by atoms with Crippen molar-refractivity contribution >= 4 is 5.91 Å². The zero-order valence-electron chi connectivity index (χ0n) is 46.8. The first-order chi connectivity index (χ1) is 36.1. The van der Waals surface area contributed by atoms with Crippen LogP contribution < -0.4 is 5.32 Å². The molecule has 2 saturated heterocycles. The zero-order valence-corrected chi connectivity index (χ0v) is 46.8. The Morgan fingerprint density at radius 2 is 0.865 bits per heavy atom. The number of rotatable bonds is 49. The molecule has 14 heteroatoms. The van der Waals surface area contributed by atoms with Crippen molar-refractivity contribution in [1.82, 2.24) is 5.32 Å². The highest BCUT2D eigenvalue weighted by atomic mass is 16.7. The van der Waals surface area contributed by atoms with Crippen LogP contribution >= 0.6 is 0 Å². The molecule has 0 saturated carbocycles. The van der Waals surface area contributed by atoms with Crippen molar-refractivity contribution in [3.8, 4) is 0 Å². The van der Waals surface area contributed by atoms with E-state index in [-0.39, 0.29) is 18.9 Å². The summed E-state index contributed by atoms with van der Waals surface area (Å²) in [7, 11) is 0. The van der Waals surface area contributed by atoms with E-state index in [0.29, 0.717) is 12.8 Å². The molecule has 12 atom stereocenters. The third-order valence-corrected chi connectivity index (χ3v) is 15.1. The van der Waals surface area contributed by atoms with Gasteiger partial charge < -0.3 is 65.1 Å². The van der Waals surface area contributed by atoms with Crippen molar-refractivity contribution < 1.29 is 64.6 Å². The van der Waals surface area contributed by atoms with Gasteiger partial charge in [0.2, 0.25) is 5.91 Å². The van der Waals surface area contributed by atoms with Crippen LogP contribution in [0, 0.1) is 0 Å². The Bertz CT molecular complexity index is 1340. The minimum Gasteiger partial charge on any atom is -0.394 e. The van der Waals surface area contributed by atoms with Crippen molar-refractivity contribution in [1.29, 1.82) is 0 Å². The van der Waals surface area contributed by atoms with Crippen molar-refractivity contribution in [2.45, 2.75) is 331 Å². The Kier molecular flexibility index (Phi) is 43.0. The van der Waals surface area contributed by atoms with Crippen LogP contribution in [-0.4, -0.2) is 140 Å². The first kappa shape index (κ1) is 68.6. The van der Waals surface area contributed by atoms with Crippen LogP contribution in [0.5, 0.6) is 0 Å². The Labute approximate surface area is 449 Å². The molecule has 2 heterocycles. The van der Waals surface area contributed by atoms with Crippen LogP contribution in [0.2, 0.25) is 0 Å². The highest BCUT2D eigenvalue weighted by Crippen LogP contribution is 2.30. The van der Waals surface area contributed by atoms with Gasteiger partial charge >= 0.3 is 0 Å². The summed E-state index contributed by atoms with van der Waals surface area (Å²) in [5, 5.41) is 86.9. The van der Waals surface area contributed by atoms with Gasteiger partial charge in [0.1, 0.15) is 48.8 Å². The van der Waals surface area contributed by atoms with Crippen LogP contribution in [0.15, 0.2) is 24.3 Å². The van der Waals surface area contributed by atoms with E-state index in [4.69, 9.17) is 18.9 Å². The van der Waals surface area contributed by atoms with Crippen LogP contribution in [0.4, 0.5) is 0 Å². The van der Waals surface area contributed by atoms with Crippen LogP contribution in [0.1, 0.15) is 258 Å². The van der Waals surface area contributed by atoms with E-state index in [0.717, 1.165) is 32.1 Å². The number of aliphatic hydroxyl groups excluding tert-OH is 8. The fourth-order valence-corrected chi connectivity index (χ4v) is 10.2. The first-order valence-electron chi connectivity index (χ1n) is 30.6. The summed E-state index contributed by atoms with van der Waals surface area (Å²) in [6, 6.07) is -0.926. The van der Waals surface area contributed by atoms with E-state index in [1.165, 1.54) is 193 Å². The lowest BCUT2D eigenvalue weighted by Crippen LogP contribution is -2.65. The van der Waals surface area contributed by atoms with E-state index in [1.807, 2.05) is 6.08 Å². The molecule has 0 spiro atoms. The molecule has 0 radical (unpaired) electrons. The van der Waals surface area contributed by atoms with Gasteiger partial charge in [0.05, 0.1) is 32.0 Å². The summed E-state index contributed by atoms with van der Waals surface area (Å²) in [4.78, 5) is 13.2. The minimum atomic E-state index is -1.79. The Balaban J connectivity index is 1.68. The topological polar surface area (TPSA) is 228 Å². The molecule has 0 aromatic carbocycles.